The van der Waals surface area contributed by atoms with Crippen LogP contribution in [0.3, 0.4) is 0 Å². The number of para-hydroxylation sites is 2. The van der Waals surface area contributed by atoms with Crippen LogP contribution in [0.5, 0.6) is 11.5 Å². The molecule has 0 spiro atoms. The fourth-order valence-corrected chi connectivity index (χ4v) is 3.01. The highest BCUT2D eigenvalue weighted by molar-refractivity contribution is 7.90. The predicted molar refractivity (Wildman–Crippen MR) is 102 cm³/mol. The topological polar surface area (TPSA) is 98.5 Å². The third kappa shape index (κ3) is 6.16. The van der Waals surface area contributed by atoms with Gasteiger partial charge < -0.3 is 15.8 Å². The van der Waals surface area contributed by atoms with Gasteiger partial charge in [-0.05, 0) is 31.0 Å². The highest BCUT2D eigenvalue weighted by atomic mass is 32.2. The van der Waals surface area contributed by atoms with Crippen molar-refractivity contribution in [2.24, 2.45) is 5.73 Å². The van der Waals surface area contributed by atoms with Gasteiger partial charge in [-0.25, -0.2) is 8.42 Å². The summed E-state index contributed by atoms with van der Waals surface area (Å²) in [7, 11) is -3.15. The van der Waals surface area contributed by atoms with Crippen molar-refractivity contribution in [3.8, 4) is 11.5 Å². The minimum atomic E-state index is -3.15. The molecular formula is C19H24N2O4S. The summed E-state index contributed by atoms with van der Waals surface area (Å²) < 4.78 is 28.3. The quantitative estimate of drug-likeness (QED) is 0.736. The molecule has 2 aromatic rings. The summed E-state index contributed by atoms with van der Waals surface area (Å²) in [4.78, 5) is 12.1. The minimum Gasteiger partial charge on any atom is -0.457 e. The number of nitrogens with two attached hydrogens (primary N) is 1. The van der Waals surface area contributed by atoms with E-state index in [1.807, 2.05) is 55.5 Å². The maximum absolute atomic E-state index is 12.1. The number of hydrogen-bond donors (Lipinski definition) is 2. The Morgan fingerprint density at radius 1 is 1.12 bits per heavy atom. The van der Waals surface area contributed by atoms with Gasteiger partial charge in [-0.2, -0.15) is 0 Å². The molecule has 0 heterocycles. The van der Waals surface area contributed by atoms with Crippen molar-refractivity contribution in [2.45, 2.75) is 25.9 Å². The van der Waals surface area contributed by atoms with Gasteiger partial charge in [-0.3, -0.25) is 4.79 Å². The summed E-state index contributed by atoms with van der Waals surface area (Å²) >= 11 is 0. The summed E-state index contributed by atoms with van der Waals surface area (Å²) in [5.41, 5.74) is 7.58. The van der Waals surface area contributed by atoms with Gasteiger partial charge >= 0.3 is 0 Å². The van der Waals surface area contributed by atoms with Gasteiger partial charge in [-0.1, -0.05) is 36.4 Å². The standard InChI is InChI=1S/C19H24N2O4S/c1-14-7-3-5-9-17(14)25-18-10-6-4-8-15(18)13-21-19(22)16(20)11-12-26(2,23)24/h3-10,16H,11-13,20H2,1-2H3,(H,21,22). The Labute approximate surface area is 154 Å². The Balaban J connectivity index is 2.00. The minimum absolute atomic E-state index is 0.0893. The van der Waals surface area contributed by atoms with Gasteiger partial charge in [-0.15, -0.1) is 0 Å². The third-order valence-electron chi connectivity index (χ3n) is 3.88. The number of carbonyl (C=O) groups is 1. The second kappa shape index (κ2) is 8.82. The maximum atomic E-state index is 12.1. The van der Waals surface area contributed by atoms with Gasteiger partial charge in [0.25, 0.3) is 0 Å². The fraction of sp³-hybridized carbons (Fsp3) is 0.316. The maximum Gasteiger partial charge on any atom is 0.237 e. The highest BCUT2D eigenvalue weighted by Gasteiger charge is 2.16. The molecule has 2 aromatic carbocycles. The van der Waals surface area contributed by atoms with E-state index < -0.39 is 15.9 Å². The van der Waals surface area contributed by atoms with E-state index in [0.29, 0.717) is 5.75 Å². The number of sulfone groups is 1. The van der Waals surface area contributed by atoms with Crippen molar-refractivity contribution in [2.75, 3.05) is 12.0 Å². The molecule has 2 rings (SSSR count). The van der Waals surface area contributed by atoms with Crippen LogP contribution in [0.15, 0.2) is 48.5 Å². The number of rotatable bonds is 8. The summed E-state index contributed by atoms with van der Waals surface area (Å²) in [6.45, 7) is 2.20. The molecule has 3 N–H and O–H groups in total. The van der Waals surface area contributed by atoms with Crippen molar-refractivity contribution >= 4 is 15.7 Å². The second-order valence-corrected chi connectivity index (χ2v) is 8.48. The number of ether oxygens (including phenoxy) is 1. The van der Waals surface area contributed by atoms with E-state index in [9.17, 15) is 13.2 Å². The lowest BCUT2D eigenvalue weighted by atomic mass is 10.1. The Bertz CT molecular complexity index is 865. The van der Waals surface area contributed by atoms with Crippen molar-refractivity contribution in [1.82, 2.24) is 5.32 Å². The number of aryl methyl sites for hydroxylation is 1. The number of amides is 1. The third-order valence-corrected chi connectivity index (χ3v) is 4.85. The van der Waals surface area contributed by atoms with E-state index >= 15 is 0 Å². The largest absolute Gasteiger partial charge is 0.457 e. The molecule has 0 fully saturated rings. The smallest absolute Gasteiger partial charge is 0.237 e. The summed E-state index contributed by atoms with van der Waals surface area (Å²) in [5.74, 6) is 0.886. The molecule has 0 aliphatic rings. The van der Waals surface area contributed by atoms with E-state index in [1.165, 1.54) is 0 Å². The molecule has 1 atom stereocenters. The van der Waals surface area contributed by atoms with Crippen LogP contribution in [-0.2, 0) is 21.2 Å². The Morgan fingerprint density at radius 2 is 1.73 bits per heavy atom. The molecule has 0 radical (unpaired) electrons. The highest BCUT2D eigenvalue weighted by Crippen LogP contribution is 2.27. The summed E-state index contributed by atoms with van der Waals surface area (Å²) in [6.07, 6.45) is 1.21. The van der Waals surface area contributed by atoms with E-state index in [2.05, 4.69) is 5.32 Å². The average molecular weight is 376 g/mol. The van der Waals surface area contributed by atoms with E-state index in [1.54, 1.807) is 0 Å². The van der Waals surface area contributed by atoms with E-state index in [4.69, 9.17) is 10.5 Å². The molecule has 1 amide bonds. The predicted octanol–water partition coefficient (Wildman–Crippen LogP) is 2.17. The first-order chi connectivity index (χ1) is 12.3. The molecule has 0 saturated carbocycles. The zero-order valence-electron chi connectivity index (χ0n) is 14.9. The van der Waals surface area contributed by atoms with Crippen LogP contribution in [0.1, 0.15) is 17.5 Å². The first kappa shape index (κ1) is 19.9. The van der Waals surface area contributed by atoms with Crippen LogP contribution >= 0.6 is 0 Å². The van der Waals surface area contributed by atoms with Crippen LogP contribution in [0.4, 0.5) is 0 Å². The molecule has 0 aliphatic carbocycles. The van der Waals surface area contributed by atoms with E-state index in [0.717, 1.165) is 23.1 Å². The fourth-order valence-electron chi connectivity index (χ4n) is 2.32. The molecule has 26 heavy (non-hydrogen) atoms. The van der Waals surface area contributed by atoms with Crippen LogP contribution in [0.2, 0.25) is 0 Å². The number of nitrogens with one attached hydrogen (secondary N) is 1. The van der Waals surface area contributed by atoms with E-state index in [-0.39, 0.29) is 24.6 Å². The van der Waals surface area contributed by atoms with Crippen molar-refractivity contribution in [3.05, 3.63) is 59.7 Å². The van der Waals surface area contributed by atoms with Crippen molar-refractivity contribution < 1.29 is 17.9 Å². The molecule has 0 bridgehead atoms. The zero-order chi connectivity index (χ0) is 19.2. The summed E-state index contributed by atoms with van der Waals surface area (Å²) in [5, 5.41) is 2.74. The van der Waals surface area contributed by atoms with Crippen LogP contribution < -0.4 is 15.8 Å². The molecule has 0 saturated heterocycles. The van der Waals surface area contributed by atoms with Crippen LogP contribution in [0.25, 0.3) is 0 Å². The van der Waals surface area contributed by atoms with Gasteiger partial charge in [0.15, 0.2) is 0 Å². The van der Waals surface area contributed by atoms with Crippen LogP contribution in [0, 0.1) is 6.92 Å². The van der Waals surface area contributed by atoms with Gasteiger partial charge in [0.2, 0.25) is 5.91 Å². The monoisotopic (exact) mass is 376 g/mol. The van der Waals surface area contributed by atoms with Crippen molar-refractivity contribution in [1.29, 1.82) is 0 Å². The van der Waals surface area contributed by atoms with Gasteiger partial charge in [0, 0.05) is 18.4 Å². The second-order valence-electron chi connectivity index (χ2n) is 6.22. The van der Waals surface area contributed by atoms with Gasteiger partial charge in [0.1, 0.15) is 21.3 Å². The first-order valence-corrected chi connectivity index (χ1v) is 10.3. The SMILES string of the molecule is Cc1ccccc1Oc1ccccc1CNC(=O)C(N)CCS(C)(=O)=O. The first-order valence-electron chi connectivity index (χ1n) is 8.28. The molecule has 0 aliphatic heterocycles. The number of hydrogen-bond acceptors (Lipinski definition) is 5. The van der Waals surface area contributed by atoms with Crippen molar-refractivity contribution in [3.63, 3.8) is 0 Å². The average Bonchev–Trinajstić information content (AvgIpc) is 2.60. The number of benzene rings is 2. The zero-order valence-corrected chi connectivity index (χ0v) is 15.8. The molecule has 1 unspecified atom stereocenters. The lowest BCUT2D eigenvalue weighted by Crippen LogP contribution is -2.41. The lowest BCUT2D eigenvalue weighted by Gasteiger charge is -2.15. The normalized spacial score (nSPS) is 12.4. The summed E-state index contributed by atoms with van der Waals surface area (Å²) in [6, 6.07) is 14.2. The van der Waals surface area contributed by atoms with Gasteiger partial charge in [0.05, 0.1) is 11.8 Å². The molecule has 7 heteroatoms. The van der Waals surface area contributed by atoms with Crippen LogP contribution in [-0.4, -0.2) is 32.4 Å². The Morgan fingerprint density at radius 3 is 2.38 bits per heavy atom. The Kier molecular flexibility index (Phi) is 6.76. The molecule has 140 valence electrons. The molecule has 6 nitrogen and oxygen atoms in total. The molecular weight excluding hydrogens is 352 g/mol. The lowest BCUT2D eigenvalue weighted by molar-refractivity contribution is -0.122. The Hall–Kier alpha value is -2.38. The molecule has 0 aromatic heterocycles. The number of carbonyl (C=O) groups excluding carboxylic acids is 1.